The van der Waals surface area contributed by atoms with Crippen molar-refractivity contribution in [2.24, 2.45) is 0 Å². The number of anilines is 2. The molecule has 0 spiro atoms. The summed E-state index contributed by atoms with van der Waals surface area (Å²) in [5.74, 6) is 0. The number of nitrogens with two attached hydrogens (primary N) is 1. The summed E-state index contributed by atoms with van der Waals surface area (Å²) in [4.78, 5) is 9.85. The quantitative estimate of drug-likeness (QED) is 0.881. The van der Waals surface area contributed by atoms with E-state index >= 15 is 0 Å². The van der Waals surface area contributed by atoms with Crippen LogP contribution in [0.4, 0.5) is 10.3 Å². The molecule has 3 rings (SSSR count). The maximum absolute atomic E-state index is 5.68. The first-order valence-corrected chi connectivity index (χ1v) is 6.87. The lowest BCUT2D eigenvalue weighted by Gasteiger charge is -1.96. The number of rotatable bonds is 3. The zero-order valence-electron chi connectivity index (χ0n) is 8.86. The molecule has 1 aliphatic rings. The summed E-state index contributed by atoms with van der Waals surface area (Å²) >= 11 is 3.14. The number of aryl methyl sites for hydroxylation is 1. The van der Waals surface area contributed by atoms with E-state index < -0.39 is 0 Å². The molecule has 0 atom stereocenters. The maximum Gasteiger partial charge on any atom is 0.183 e. The van der Waals surface area contributed by atoms with Crippen LogP contribution < -0.4 is 11.1 Å². The molecule has 0 saturated heterocycles. The smallest absolute Gasteiger partial charge is 0.183 e. The number of nitrogens with one attached hydrogen (secondary N) is 1. The van der Waals surface area contributed by atoms with Crippen LogP contribution in [0.2, 0.25) is 0 Å². The SMILES string of the molecule is Cc1nc(N)sc1-c1csc(NC2CC2)n1. The third kappa shape index (κ3) is 1.90. The van der Waals surface area contributed by atoms with Crippen LogP contribution in [0.5, 0.6) is 0 Å². The van der Waals surface area contributed by atoms with E-state index in [1.807, 2.05) is 6.92 Å². The Labute approximate surface area is 102 Å². The van der Waals surface area contributed by atoms with Crippen molar-refractivity contribution in [2.45, 2.75) is 25.8 Å². The second-order valence-electron chi connectivity index (χ2n) is 3.92. The topological polar surface area (TPSA) is 63.8 Å². The summed E-state index contributed by atoms with van der Waals surface area (Å²) in [5.41, 5.74) is 7.63. The van der Waals surface area contributed by atoms with E-state index in [2.05, 4.69) is 20.7 Å². The van der Waals surface area contributed by atoms with Gasteiger partial charge in [-0.25, -0.2) is 9.97 Å². The molecule has 0 aliphatic heterocycles. The van der Waals surface area contributed by atoms with Crippen molar-refractivity contribution < 1.29 is 0 Å². The molecule has 84 valence electrons. The van der Waals surface area contributed by atoms with Crippen molar-refractivity contribution in [3.05, 3.63) is 11.1 Å². The maximum atomic E-state index is 5.68. The first-order chi connectivity index (χ1) is 7.72. The molecule has 1 saturated carbocycles. The lowest BCUT2D eigenvalue weighted by atomic mass is 10.3. The highest BCUT2D eigenvalue weighted by molar-refractivity contribution is 7.19. The van der Waals surface area contributed by atoms with Crippen molar-refractivity contribution in [1.82, 2.24) is 9.97 Å². The Morgan fingerprint density at radius 2 is 2.25 bits per heavy atom. The largest absolute Gasteiger partial charge is 0.375 e. The minimum atomic E-state index is 0.609. The van der Waals surface area contributed by atoms with Crippen LogP contribution in [-0.2, 0) is 0 Å². The summed E-state index contributed by atoms with van der Waals surface area (Å²) in [6.45, 7) is 1.97. The Kier molecular flexibility index (Phi) is 2.33. The van der Waals surface area contributed by atoms with E-state index in [0.29, 0.717) is 11.2 Å². The average Bonchev–Trinajstić information content (AvgIpc) is 2.80. The molecule has 0 unspecified atom stereocenters. The van der Waals surface area contributed by atoms with Crippen LogP contribution in [0, 0.1) is 6.92 Å². The Bertz CT molecular complexity index is 513. The van der Waals surface area contributed by atoms with E-state index in [9.17, 15) is 0 Å². The van der Waals surface area contributed by atoms with Gasteiger partial charge in [0.1, 0.15) is 0 Å². The highest BCUT2D eigenvalue weighted by Crippen LogP contribution is 2.34. The van der Waals surface area contributed by atoms with E-state index in [1.165, 1.54) is 24.2 Å². The fourth-order valence-corrected chi connectivity index (χ4v) is 3.15. The number of hydrogen-bond acceptors (Lipinski definition) is 6. The first kappa shape index (κ1) is 10.0. The zero-order chi connectivity index (χ0) is 11.1. The van der Waals surface area contributed by atoms with Gasteiger partial charge in [-0.1, -0.05) is 11.3 Å². The molecule has 0 bridgehead atoms. The predicted octanol–water partition coefficient (Wildman–Crippen LogP) is 2.73. The molecular formula is C10H12N4S2. The summed E-state index contributed by atoms with van der Waals surface area (Å²) in [5, 5.41) is 7.06. The van der Waals surface area contributed by atoms with Crippen molar-refractivity contribution in [1.29, 1.82) is 0 Å². The first-order valence-electron chi connectivity index (χ1n) is 5.18. The second-order valence-corrected chi connectivity index (χ2v) is 5.81. The van der Waals surface area contributed by atoms with Gasteiger partial charge in [0, 0.05) is 11.4 Å². The van der Waals surface area contributed by atoms with Gasteiger partial charge in [0.25, 0.3) is 0 Å². The Balaban J connectivity index is 1.87. The van der Waals surface area contributed by atoms with Crippen molar-refractivity contribution in [3.63, 3.8) is 0 Å². The molecule has 16 heavy (non-hydrogen) atoms. The molecule has 2 aromatic heterocycles. The summed E-state index contributed by atoms with van der Waals surface area (Å²) in [7, 11) is 0. The van der Waals surface area contributed by atoms with Crippen LogP contribution in [0.15, 0.2) is 5.38 Å². The molecule has 2 aromatic rings. The van der Waals surface area contributed by atoms with Gasteiger partial charge in [0.05, 0.1) is 16.3 Å². The molecule has 0 amide bonds. The molecule has 0 radical (unpaired) electrons. The fourth-order valence-electron chi connectivity index (χ4n) is 1.50. The van der Waals surface area contributed by atoms with Gasteiger partial charge in [-0.15, -0.1) is 11.3 Å². The fraction of sp³-hybridized carbons (Fsp3) is 0.400. The van der Waals surface area contributed by atoms with Gasteiger partial charge in [-0.3, -0.25) is 0 Å². The lowest BCUT2D eigenvalue weighted by Crippen LogP contribution is -1.99. The highest BCUT2D eigenvalue weighted by atomic mass is 32.1. The summed E-state index contributed by atoms with van der Waals surface area (Å²) in [6, 6.07) is 0.645. The third-order valence-electron chi connectivity index (χ3n) is 2.45. The molecule has 1 aliphatic carbocycles. The average molecular weight is 252 g/mol. The molecule has 6 heteroatoms. The Hall–Kier alpha value is -1.14. The second kappa shape index (κ2) is 3.71. The molecule has 1 fully saturated rings. The Morgan fingerprint density at radius 1 is 1.44 bits per heavy atom. The molecule has 0 aromatic carbocycles. The van der Waals surface area contributed by atoms with E-state index in [4.69, 9.17) is 5.73 Å². The zero-order valence-corrected chi connectivity index (χ0v) is 10.5. The van der Waals surface area contributed by atoms with Gasteiger partial charge in [0.2, 0.25) is 0 Å². The van der Waals surface area contributed by atoms with Gasteiger partial charge in [0.15, 0.2) is 10.3 Å². The van der Waals surface area contributed by atoms with Crippen LogP contribution in [0.25, 0.3) is 10.6 Å². The van der Waals surface area contributed by atoms with Crippen molar-refractivity contribution >= 4 is 32.9 Å². The van der Waals surface area contributed by atoms with Crippen molar-refractivity contribution in [2.75, 3.05) is 11.1 Å². The van der Waals surface area contributed by atoms with Gasteiger partial charge in [-0.05, 0) is 19.8 Å². The van der Waals surface area contributed by atoms with Crippen molar-refractivity contribution in [3.8, 4) is 10.6 Å². The van der Waals surface area contributed by atoms with Gasteiger partial charge in [-0.2, -0.15) is 0 Å². The van der Waals surface area contributed by atoms with Gasteiger partial charge >= 0.3 is 0 Å². The third-order valence-corrected chi connectivity index (χ3v) is 4.24. The predicted molar refractivity (Wildman–Crippen MR) is 69.0 cm³/mol. The molecule has 3 N–H and O–H groups in total. The number of aromatic nitrogens is 2. The number of nitrogens with zero attached hydrogens (tertiary/aromatic N) is 2. The number of hydrogen-bond donors (Lipinski definition) is 2. The van der Waals surface area contributed by atoms with E-state index in [0.717, 1.165) is 21.4 Å². The summed E-state index contributed by atoms with van der Waals surface area (Å²) < 4.78 is 0. The minimum absolute atomic E-state index is 0.609. The monoisotopic (exact) mass is 252 g/mol. The number of nitrogen functional groups attached to an aromatic ring is 1. The normalized spacial score (nSPS) is 15.3. The molecule has 4 nitrogen and oxygen atoms in total. The molecule has 2 heterocycles. The van der Waals surface area contributed by atoms with Crippen LogP contribution in [0.3, 0.4) is 0 Å². The van der Waals surface area contributed by atoms with Crippen LogP contribution >= 0.6 is 22.7 Å². The van der Waals surface area contributed by atoms with Crippen LogP contribution in [-0.4, -0.2) is 16.0 Å². The Morgan fingerprint density at radius 3 is 2.88 bits per heavy atom. The highest BCUT2D eigenvalue weighted by Gasteiger charge is 2.22. The van der Waals surface area contributed by atoms with E-state index in [-0.39, 0.29) is 0 Å². The van der Waals surface area contributed by atoms with E-state index in [1.54, 1.807) is 11.3 Å². The molecular weight excluding hydrogens is 240 g/mol. The van der Waals surface area contributed by atoms with Crippen LogP contribution in [0.1, 0.15) is 18.5 Å². The van der Waals surface area contributed by atoms with Gasteiger partial charge < -0.3 is 11.1 Å². The number of thiazole rings is 2. The summed E-state index contributed by atoms with van der Waals surface area (Å²) in [6.07, 6.45) is 2.53. The minimum Gasteiger partial charge on any atom is -0.375 e. The lowest BCUT2D eigenvalue weighted by molar-refractivity contribution is 1.14. The standard InChI is InChI=1S/C10H12N4S2/c1-5-8(16-9(11)12-5)7-4-15-10(14-7)13-6-2-3-6/h4,6H,2-3H2,1H3,(H2,11,12)(H,13,14).